The molecule has 0 aromatic heterocycles. The van der Waals surface area contributed by atoms with Gasteiger partial charge in [-0.1, -0.05) is 38.3 Å². The normalized spacial score (nSPS) is 17.2. The molecule has 25 heavy (non-hydrogen) atoms. The summed E-state index contributed by atoms with van der Waals surface area (Å²) in [4.78, 5) is 12.8. The fraction of sp³-hybridized carbons (Fsp3) is 0.611. The Morgan fingerprint density at radius 3 is 2.56 bits per heavy atom. The van der Waals surface area contributed by atoms with Crippen LogP contribution < -0.4 is 11.1 Å². The Morgan fingerprint density at radius 2 is 1.92 bits per heavy atom. The maximum atomic E-state index is 13.0. The highest BCUT2D eigenvalue weighted by molar-refractivity contribution is 7.89. The third-order valence-electron chi connectivity index (χ3n) is 4.59. The molecule has 1 heterocycles. The van der Waals surface area contributed by atoms with Crippen LogP contribution in [0.15, 0.2) is 29.2 Å². The number of nitrogens with two attached hydrogens (primary N) is 1. The highest BCUT2D eigenvalue weighted by Crippen LogP contribution is 2.23. The van der Waals surface area contributed by atoms with Crippen molar-refractivity contribution in [3.05, 3.63) is 29.8 Å². The van der Waals surface area contributed by atoms with Crippen molar-refractivity contribution in [1.82, 2.24) is 9.62 Å². The van der Waals surface area contributed by atoms with E-state index in [-0.39, 0.29) is 22.4 Å². The van der Waals surface area contributed by atoms with Crippen LogP contribution in [-0.2, 0) is 10.0 Å². The van der Waals surface area contributed by atoms with Gasteiger partial charge in [0.25, 0.3) is 5.91 Å². The molecule has 0 bridgehead atoms. The number of hydrogen-bond donors (Lipinski definition) is 2. The van der Waals surface area contributed by atoms with E-state index < -0.39 is 10.0 Å². The van der Waals surface area contributed by atoms with E-state index in [1.165, 1.54) is 10.4 Å². The first kappa shape index (κ1) is 19.9. The van der Waals surface area contributed by atoms with Crippen molar-refractivity contribution in [1.29, 1.82) is 0 Å². The van der Waals surface area contributed by atoms with E-state index in [0.717, 1.165) is 38.5 Å². The minimum Gasteiger partial charge on any atom is -0.348 e. The summed E-state index contributed by atoms with van der Waals surface area (Å²) < 4.78 is 27.4. The summed E-state index contributed by atoms with van der Waals surface area (Å²) in [5.41, 5.74) is 5.94. The second-order valence-electron chi connectivity index (χ2n) is 6.51. The number of carbonyl (C=O) groups is 1. The predicted octanol–water partition coefficient (Wildman–Crippen LogP) is 2.11. The molecule has 140 valence electrons. The monoisotopic (exact) mass is 367 g/mol. The zero-order valence-electron chi connectivity index (χ0n) is 14.9. The average Bonchev–Trinajstić information content (AvgIpc) is 2.65. The molecule has 0 aliphatic carbocycles. The molecule has 1 unspecified atom stereocenters. The van der Waals surface area contributed by atoms with Crippen LogP contribution in [0.1, 0.15) is 55.8 Å². The Kier molecular flexibility index (Phi) is 7.40. The number of hydrogen-bond acceptors (Lipinski definition) is 4. The number of piperidine rings is 1. The minimum atomic E-state index is -3.66. The number of nitrogens with one attached hydrogen (secondary N) is 1. The highest BCUT2D eigenvalue weighted by Gasteiger charge is 2.30. The summed E-state index contributed by atoms with van der Waals surface area (Å²) in [5.74, 6) is -0.372. The van der Waals surface area contributed by atoms with Gasteiger partial charge >= 0.3 is 0 Å². The zero-order chi connectivity index (χ0) is 18.3. The maximum Gasteiger partial charge on any atom is 0.252 e. The molecule has 1 saturated heterocycles. The second-order valence-corrected chi connectivity index (χ2v) is 8.42. The third kappa shape index (κ3) is 5.03. The summed E-state index contributed by atoms with van der Waals surface area (Å²) >= 11 is 0. The molecule has 6 nitrogen and oxygen atoms in total. The minimum absolute atomic E-state index is 0.0839. The largest absolute Gasteiger partial charge is 0.348 e. The van der Waals surface area contributed by atoms with Crippen molar-refractivity contribution in [2.75, 3.05) is 19.6 Å². The molecule has 1 aromatic carbocycles. The van der Waals surface area contributed by atoms with Crippen molar-refractivity contribution in [3.8, 4) is 0 Å². The SMILES string of the molecule is CCCCC(CN)NC(=O)c1ccccc1S(=O)(=O)N1CCCCC1. The lowest BCUT2D eigenvalue weighted by molar-refractivity contribution is 0.0932. The molecular weight excluding hydrogens is 338 g/mol. The van der Waals surface area contributed by atoms with Crippen LogP contribution in [0.25, 0.3) is 0 Å². The topological polar surface area (TPSA) is 92.5 Å². The number of benzene rings is 1. The van der Waals surface area contributed by atoms with Gasteiger partial charge in [0.2, 0.25) is 10.0 Å². The third-order valence-corrected chi connectivity index (χ3v) is 6.55. The molecule has 0 spiro atoms. The van der Waals surface area contributed by atoms with Crippen LogP contribution in [0.2, 0.25) is 0 Å². The Balaban J connectivity index is 2.23. The van der Waals surface area contributed by atoms with E-state index in [2.05, 4.69) is 12.2 Å². The number of sulfonamides is 1. The lowest BCUT2D eigenvalue weighted by atomic mass is 10.1. The van der Waals surface area contributed by atoms with Gasteiger partial charge in [-0.2, -0.15) is 4.31 Å². The van der Waals surface area contributed by atoms with Crippen LogP contribution in [0.4, 0.5) is 0 Å². The van der Waals surface area contributed by atoms with Crippen LogP contribution in [-0.4, -0.2) is 44.3 Å². The lowest BCUT2D eigenvalue weighted by Crippen LogP contribution is -2.41. The van der Waals surface area contributed by atoms with Crippen molar-refractivity contribution in [2.24, 2.45) is 5.73 Å². The molecule has 1 aromatic rings. The first-order valence-corrected chi connectivity index (χ1v) is 10.5. The summed E-state index contributed by atoms with van der Waals surface area (Å²) in [6.07, 6.45) is 5.55. The van der Waals surface area contributed by atoms with Crippen molar-refractivity contribution in [2.45, 2.75) is 56.4 Å². The molecular formula is C18H29N3O3S. The fourth-order valence-electron chi connectivity index (χ4n) is 3.09. The van der Waals surface area contributed by atoms with Gasteiger partial charge in [-0.05, 0) is 31.4 Å². The number of carbonyl (C=O) groups excluding carboxylic acids is 1. The van der Waals surface area contributed by atoms with Gasteiger partial charge in [-0.25, -0.2) is 8.42 Å². The smallest absolute Gasteiger partial charge is 0.252 e. The number of unbranched alkanes of at least 4 members (excludes halogenated alkanes) is 1. The van der Waals surface area contributed by atoms with Gasteiger partial charge < -0.3 is 11.1 Å². The van der Waals surface area contributed by atoms with Gasteiger partial charge in [-0.15, -0.1) is 0 Å². The van der Waals surface area contributed by atoms with Crippen LogP contribution in [0.3, 0.4) is 0 Å². The van der Waals surface area contributed by atoms with Gasteiger partial charge in [0.15, 0.2) is 0 Å². The van der Waals surface area contributed by atoms with Gasteiger partial charge in [0.1, 0.15) is 0 Å². The Hall–Kier alpha value is -1.44. The zero-order valence-corrected chi connectivity index (χ0v) is 15.7. The average molecular weight is 368 g/mol. The second kappa shape index (κ2) is 9.31. The van der Waals surface area contributed by atoms with E-state index >= 15 is 0 Å². The molecule has 1 atom stereocenters. The van der Waals surface area contributed by atoms with Gasteiger partial charge in [0.05, 0.1) is 10.5 Å². The summed E-state index contributed by atoms with van der Waals surface area (Å²) in [5, 5.41) is 2.89. The van der Waals surface area contributed by atoms with E-state index in [9.17, 15) is 13.2 Å². The standard InChI is InChI=1S/C18H29N3O3S/c1-2-3-9-15(14-19)20-18(22)16-10-5-6-11-17(16)25(23,24)21-12-7-4-8-13-21/h5-6,10-11,15H,2-4,7-9,12-14,19H2,1H3,(H,20,22). The van der Waals surface area contributed by atoms with Crippen molar-refractivity contribution in [3.63, 3.8) is 0 Å². The van der Waals surface area contributed by atoms with E-state index in [0.29, 0.717) is 19.6 Å². The van der Waals surface area contributed by atoms with Gasteiger partial charge in [-0.3, -0.25) is 4.79 Å². The van der Waals surface area contributed by atoms with Crippen LogP contribution >= 0.6 is 0 Å². The number of nitrogens with zero attached hydrogens (tertiary/aromatic N) is 1. The van der Waals surface area contributed by atoms with E-state index in [1.807, 2.05) is 0 Å². The number of amides is 1. The molecule has 7 heteroatoms. The molecule has 1 aliphatic heterocycles. The molecule has 1 fully saturated rings. The number of rotatable bonds is 8. The quantitative estimate of drug-likeness (QED) is 0.736. The summed E-state index contributed by atoms with van der Waals surface area (Å²) in [6, 6.07) is 6.29. The van der Waals surface area contributed by atoms with Crippen LogP contribution in [0.5, 0.6) is 0 Å². The predicted molar refractivity (Wildman–Crippen MR) is 98.9 cm³/mol. The Labute approximate surface area is 150 Å². The van der Waals surface area contributed by atoms with Gasteiger partial charge in [0, 0.05) is 25.7 Å². The first-order chi connectivity index (χ1) is 12.0. The molecule has 3 N–H and O–H groups in total. The first-order valence-electron chi connectivity index (χ1n) is 9.10. The molecule has 2 rings (SSSR count). The van der Waals surface area contributed by atoms with Crippen molar-refractivity contribution < 1.29 is 13.2 Å². The lowest BCUT2D eigenvalue weighted by Gasteiger charge is -2.27. The van der Waals surface area contributed by atoms with Crippen LogP contribution in [0, 0.1) is 0 Å². The Bertz CT molecular complexity index is 670. The molecule has 1 aliphatic rings. The summed E-state index contributed by atoms with van der Waals surface area (Å²) in [7, 11) is -3.66. The summed E-state index contributed by atoms with van der Waals surface area (Å²) in [6.45, 7) is 3.45. The fourth-order valence-corrected chi connectivity index (χ4v) is 4.79. The van der Waals surface area contributed by atoms with Crippen molar-refractivity contribution >= 4 is 15.9 Å². The Morgan fingerprint density at radius 1 is 1.24 bits per heavy atom. The molecule has 0 saturated carbocycles. The highest BCUT2D eigenvalue weighted by atomic mass is 32.2. The van der Waals surface area contributed by atoms with E-state index in [1.54, 1.807) is 18.2 Å². The molecule has 1 amide bonds. The van der Waals surface area contributed by atoms with E-state index in [4.69, 9.17) is 5.73 Å². The molecule has 0 radical (unpaired) electrons. The maximum absolute atomic E-state index is 13.0.